The maximum absolute atomic E-state index is 6.20. The lowest BCUT2D eigenvalue weighted by molar-refractivity contribution is 0.214. The Hall–Kier alpha value is -1.47. The van der Waals surface area contributed by atoms with Gasteiger partial charge in [-0.05, 0) is 49.7 Å². The van der Waals surface area contributed by atoms with E-state index in [1.807, 2.05) is 28.8 Å². The third kappa shape index (κ3) is 3.87. The topological polar surface area (TPSA) is 46.3 Å². The van der Waals surface area contributed by atoms with E-state index in [9.17, 15) is 0 Å². The highest BCUT2D eigenvalue weighted by molar-refractivity contribution is 7.17. The molecule has 0 bridgehead atoms. The van der Waals surface area contributed by atoms with Crippen molar-refractivity contribution in [3.8, 4) is 0 Å². The summed E-state index contributed by atoms with van der Waals surface area (Å²) in [5.41, 5.74) is 0.908. The number of rotatable bonds is 4. The van der Waals surface area contributed by atoms with Gasteiger partial charge in [-0.1, -0.05) is 53.1 Å². The predicted molar refractivity (Wildman–Crippen MR) is 103 cm³/mol. The number of benzene rings is 1. The van der Waals surface area contributed by atoms with E-state index in [0.717, 1.165) is 41.0 Å². The average Bonchev–Trinajstić information content (AvgIpc) is 3.17. The minimum Gasteiger partial charge on any atom is -0.296 e. The van der Waals surface area contributed by atoms with Crippen LogP contribution in [0.1, 0.15) is 35.7 Å². The molecule has 0 unspecified atom stereocenters. The zero-order valence-corrected chi connectivity index (χ0v) is 15.9. The number of likely N-dealkylation sites (tertiary alicyclic amines) is 1. The number of piperidine rings is 1. The summed E-state index contributed by atoms with van der Waals surface area (Å²) in [6.07, 6.45) is 7.72. The quantitative estimate of drug-likeness (QED) is 0.646. The molecule has 1 aromatic carbocycles. The van der Waals surface area contributed by atoms with Crippen molar-refractivity contribution in [1.29, 1.82) is 0 Å². The standard InChI is InChI=1S/C17H17Cl2N5S/c18-13-6-4-12(14(19)10-13)5-7-16-22-24-15(20-21-17(24)25-16)11-23-8-2-1-3-9-23/h4-7,10H,1-3,8-9,11H2/b7-5+. The predicted octanol–water partition coefficient (Wildman–Crippen LogP) is 4.65. The molecule has 0 aliphatic carbocycles. The van der Waals surface area contributed by atoms with Crippen molar-refractivity contribution in [2.75, 3.05) is 13.1 Å². The number of halogens is 2. The lowest BCUT2D eigenvalue weighted by Crippen LogP contribution is -2.30. The summed E-state index contributed by atoms with van der Waals surface area (Å²) in [6.45, 7) is 3.05. The molecular formula is C17H17Cl2N5S. The van der Waals surface area contributed by atoms with E-state index < -0.39 is 0 Å². The van der Waals surface area contributed by atoms with Crippen molar-refractivity contribution in [3.63, 3.8) is 0 Å². The van der Waals surface area contributed by atoms with Crippen LogP contribution in [0.2, 0.25) is 10.0 Å². The fourth-order valence-electron chi connectivity index (χ4n) is 2.95. The molecule has 0 N–H and O–H groups in total. The van der Waals surface area contributed by atoms with Crippen molar-refractivity contribution in [2.24, 2.45) is 0 Å². The normalized spacial score (nSPS) is 16.2. The van der Waals surface area contributed by atoms with Gasteiger partial charge in [-0.2, -0.15) is 9.61 Å². The summed E-state index contributed by atoms with van der Waals surface area (Å²) in [5.74, 6) is 0.900. The van der Waals surface area contributed by atoms with Crippen LogP contribution in [0.5, 0.6) is 0 Å². The average molecular weight is 394 g/mol. The zero-order chi connectivity index (χ0) is 17.2. The number of fused-ring (bicyclic) bond motifs is 1. The Labute approximate surface area is 159 Å². The minimum absolute atomic E-state index is 0.623. The Morgan fingerprint density at radius 1 is 1.08 bits per heavy atom. The van der Waals surface area contributed by atoms with Gasteiger partial charge in [0.2, 0.25) is 4.96 Å². The number of nitrogens with zero attached hydrogens (tertiary/aromatic N) is 5. The van der Waals surface area contributed by atoms with Gasteiger partial charge in [-0.15, -0.1) is 10.2 Å². The first-order valence-electron chi connectivity index (χ1n) is 8.26. The Morgan fingerprint density at radius 3 is 2.72 bits per heavy atom. The summed E-state index contributed by atoms with van der Waals surface area (Å²) in [6, 6.07) is 5.45. The maximum Gasteiger partial charge on any atom is 0.235 e. The Balaban J connectivity index is 1.54. The van der Waals surface area contributed by atoms with Gasteiger partial charge in [0.25, 0.3) is 0 Å². The monoisotopic (exact) mass is 393 g/mol. The fourth-order valence-corrected chi connectivity index (χ4v) is 4.18. The van der Waals surface area contributed by atoms with E-state index in [4.69, 9.17) is 23.2 Å². The van der Waals surface area contributed by atoms with Gasteiger partial charge in [0, 0.05) is 10.0 Å². The highest BCUT2D eigenvalue weighted by Crippen LogP contribution is 2.24. The summed E-state index contributed by atoms with van der Waals surface area (Å²) in [5, 5.41) is 15.3. The van der Waals surface area contributed by atoms with Crippen molar-refractivity contribution >= 4 is 51.7 Å². The van der Waals surface area contributed by atoms with Gasteiger partial charge in [-0.3, -0.25) is 4.90 Å². The molecule has 1 aliphatic rings. The molecule has 0 amide bonds. The van der Waals surface area contributed by atoms with Crippen LogP contribution >= 0.6 is 34.5 Å². The molecular weight excluding hydrogens is 377 g/mol. The van der Waals surface area contributed by atoms with Crippen LogP contribution in [0.3, 0.4) is 0 Å². The largest absolute Gasteiger partial charge is 0.296 e. The molecule has 0 radical (unpaired) electrons. The molecule has 1 aliphatic heterocycles. The molecule has 1 fully saturated rings. The Kier molecular flexibility index (Phi) is 5.03. The van der Waals surface area contributed by atoms with E-state index in [0.29, 0.717) is 10.0 Å². The van der Waals surface area contributed by atoms with Gasteiger partial charge in [0.15, 0.2) is 5.82 Å². The minimum atomic E-state index is 0.623. The van der Waals surface area contributed by atoms with Gasteiger partial charge < -0.3 is 0 Å². The van der Waals surface area contributed by atoms with E-state index >= 15 is 0 Å². The van der Waals surface area contributed by atoms with Gasteiger partial charge in [-0.25, -0.2) is 0 Å². The molecule has 1 saturated heterocycles. The second-order valence-corrected chi connectivity index (χ2v) is 7.92. The van der Waals surface area contributed by atoms with Crippen LogP contribution in [0.4, 0.5) is 0 Å². The lowest BCUT2D eigenvalue weighted by Gasteiger charge is -2.25. The molecule has 3 aromatic rings. The molecule has 0 atom stereocenters. The van der Waals surface area contributed by atoms with Crippen LogP contribution in [0.15, 0.2) is 18.2 Å². The first-order valence-corrected chi connectivity index (χ1v) is 9.83. The first kappa shape index (κ1) is 17.0. The maximum atomic E-state index is 6.20. The molecule has 4 rings (SSSR count). The fraction of sp³-hybridized carbons (Fsp3) is 0.353. The lowest BCUT2D eigenvalue weighted by atomic mass is 10.1. The van der Waals surface area contributed by atoms with Crippen molar-refractivity contribution in [2.45, 2.75) is 25.8 Å². The second-order valence-electron chi connectivity index (χ2n) is 6.09. The van der Waals surface area contributed by atoms with Crippen LogP contribution in [-0.2, 0) is 6.54 Å². The molecule has 0 saturated carbocycles. The van der Waals surface area contributed by atoms with Crippen LogP contribution in [0.25, 0.3) is 17.1 Å². The number of hydrogen-bond acceptors (Lipinski definition) is 5. The van der Waals surface area contributed by atoms with Crippen LogP contribution in [0, 0.1) is 0 Å². The van der Waals surface area contributed by atoms with Crippen LogP contribution < -0.4 is 0 Å². The van der Waals surface area contributed by atoms with Gasteiger partial charge >= 0.3 is 0 Å². The Bertz CT molecular complexity index is 911. The van der Waals surface area contributed by atoms with Gasteiger partial charge in [0.1, 0.15) is 5.01 Å². The molecule has 3 heterocycles. The zero-order valence-electron chi connectivity index (χ0n) is 13.5. The number of hydrogen-bond donors (Lipinski definition) is 0. The highest BCUT2D eigenvalue weighted by atomic mass is 35.5. The Morgan fingerprint density at radius 2 is 1.92 bits per heavy atom. The summed E-state index contributed by atoms with van der Waals surface area (Å²) in [4.78, 5) is 3.23. The smallest absolute Gasteiger partial charge is 0.235 e. The molecule has 25 heavy (non-hydrogen) atoms. The highest BCUT2D eigenvalue weighted by Gasteiger charge is 2.16. The molecule has 5 nitrogen and oxygen atoms in total. The SMILES string of the molecule is Clc1ccc(/C=C/c2nn3c(CN4CCCCC4)nnc3s2)c(Cl)c1. The van der Waals surface area contributed by atoms with E-state index in [2.05, 4.69) is 20.2 Å². The van der Waals surface area contributed by atoms with Crippen molar-refractivity contribution in [1.82, 2.24) is 24.7 Å². The van der Waals surface area contributed by atoms with Crippen LogP contribution in [-0.4, -0.2) is 37.8 Å². The first-order chi connectivity index (χ1) is 12.2. The molecule has 2 aromatic heterocycles. The summed E-state index contributed by atoms with van der Waals surface area (Å²) < 4.78 is 1.85. The van der Waals surface area contributed by atoms with Crippen molar-refractivity contribution in [3.05, 3.63) is 44.6 Å². The van der Waals surface area contributed by atoms with E-state index in [1.54, 1.807) is 6.07 Å². The summed E-state index contributed by atoms with van der Waals surface area (Å²) >= 11 is 13.6. The second kappa shape index (κ2) is 7.41. The molecule has 8 heteroatoms. The molecule has 0 spiro atoms. The van der Waals surface area contributed by atoms with Crippen molar-refractivity contribution < 1.29 is 0 Å². The van der Waals surface area contributed by atoms with E-state index in [-0.39, 0.29) is 0 Å². The molecule has 130 valence electrons. The number of aromatic nitrogens is 4. The third-order valence-corrected chi connectivity index (χ3v) is 5.68. The van der Waals surface area contributed by atoms with Gasteiger partial charge in [0.05, 0.1) is 6.54 Å². The summed E-state index contributed by atoms with van der Waals surface area (Å²) in [7, 11) is 0. The third-order valence-electron chi connectivity index (χ3n) is 4.25. The van der Waals surface area contributed by atoms with E-state index in [1.165, 1.54) is 30.6 Å².